The molecule has 1 aromatic heterocycles. The average Bonchev–Trinajstić information content (AvgIpc) is 2.61. The van der Waals surface area contributed by atoms with Gasteiger partial charge in [0, 0.05) is 23.3 Å². The van der Waals surface area contributed by atoms with E-state index in [0.717, 1.165) is 19.3 Å². The second kappa shape index (κ2) is 5.08. The van der Waals surface area contributed by atoms with E-state index < -0.39 is 0 Å². The second-order valence-electron chi connectivity index (χ2n) is 5.08. The minimum absolute atomic E-state index is 0.168. The predicted molar refractivity (Wildman–Crippen MR) is 67.4 cm³/mol. The van der Waals surface area contributed by atoms with Gasteiger partial charge in [0.25, 0.3) is 0 Å². The molecule has 1 heterocycles. The van der Waals surface area contributed by atoms with Gasteiger partial charge >= 0.3 is 0 Å². The summed E-state index contributed by atoms with van der Waals surface area (Å²) in [5, 5.41) is 3.40. The minimum atomic E-state index is 0.168. The predicted octanol–water partition coefficient (Wildman–Crippen LogP) is 3.11. The number of rotatable bonds is 4. The van der Waals surface area contributed by atoms with Crippen LogP contribution in [0.4, 0.5) is 0 Å². The summed E-state index contributed by atoms with van der Waals surface area (Å²) >= 11 is 1.76. The number of hydrogen-bond donors (Lipinski definition) is 1. The Labute approximate surface area is 96.9 Å². The molecule has 1 rings (SSSR count). The van der Waals surface area contributed by atoms with Crippen LogP contribution in [0.15, 0.2) is 5.38 Å². The molecule has 0 fully saturated rings. The standard InChI is InChI=1S/C12H22N2S/c1-5-9(13)6-7-11-14-10(8-15-11)12(2,3)4/h8-9H,5-7,13H2,1-4H3. The van der Waals surface area contributed by atoms with Crippen LogP contribution in [0.3, 0.4) is 0 Å². The molecule has 86 valence electrons. The lowest BCUT2D eigenvalue weighted by molar-refractivity contribution is 0.564. The topological polar surface area (TPSA) is 38.9 Å². The molecular formula is C12H22N2S. The maximum absolute atomic E-state index is 5.89. The lowest BCUT2D eigenvalue weighted by Gasteiger charge is -2.14. The van der Waals surface area contributed by atoms with Crippen LogP contribution in [0.1, 0.15) is 51.2 Å². The van der Waals surface area contributed by atoms with Crippen molar-refractivity contribution >= 4 is 11.3 Å². The quantitative estimate of drug-likeness (QED) is 0.856. The van der Waals surface area contributed by atoms with Crippen LogP contribution >= 0.6 is 11.3 Å². The maximum atomic E-state index is 5.89. The van der Waals surface area contributed by atoms with Gasteiger partial charge < -0.3 is 5.73 Å². The summed E-state index contributed by atoms with van der Waals surface area (Å²) < 4.78 is 0. The van der Waals surface area contributed by atoms with E-state index in [-0.39, 0.29) is 5.41 Å². The van der Waals surface area contributed by atoms with Crippen molar-refractivity contribution in [1.82, 2.24) is 4.98 Å². The Morgan fingerprint density at radius 2 is 2.13 bits per heavy atom. The summed E-state index contributed by atoms with van der Waals surface area (Å²) in [4.78, 5) is 4.65. The molecule has 1 aromatic rings. The van der Waals surface area contributed by atoms with Gasteiger partial charge in [-0.2, -0.15) is 0 Å². The van der Waals surface area contributed by atoms with Gasteiger partial charge in [-0.1, -0.05) is 27.7 Å². The molecular weight excluding hydrogens is 204 g/mol. The number of nitrogens with zero attached hydrogens (tertiary/aromatic N) is 1. The van der Waals surface area contributed by atoms with Crippen molar-refractivity contribution in [2.24, 2.45) is 5.73 Å². The van der Waals surface area contributed by atoms with Crippen LogP contribution in [0.2, 0.25) is 0 Å². The molecule has 0 aliphatic heterocycles. The fourth-order valence-electron chi connectivity index (χ4n) is 1.28. The summed E-state index contributed by atoms with van der Waals surface area (Å²) in [5.74, 6) is 0. The van der Waals surface area contributed by atoms with Crippen LogP contribution < -0.4 is 5.73 Å². The van der Waals surface area contributed by atoms with Crippen LogP contribution in [0, 0.1) is 0 Å². The van der Waals surface area contributed by atoms with Crippen molar-refractivity contribution in [2.75, 3.05) is 0 Å². The van der Waals surface area contributed by atoms with Crippen molar-refractivity contribution in [3.8, 4) is 0 Å². The normalized spacial score (nSPS) is 14.2. The fourth-order valence-corrected chi connectivity index (χ4v) is 2.32. The smallest absolute Gasteiger partial charge is 0.0929 e. The highest BCUT2D eigenvalue weighted by atomic mass is 32.1. The third-order valence-corrected chi connectivity index (χ3v) is 3.48. The number of nitrogens with two attached hydrogens (primary N) is 1. The molecule has 0 aliphatic rings. The molecule has 1 atom stereocenters. The number of aromatic nitrogens is 1. The zero-order chi connectivity index (χ0) is 11.5. The summed E-state index contributed by atoms with van der Waals surface area (Å²) in [6.07, 6.45) is 3.13. The SMILES string of the molecule is CCC(N)CCc1nc(C(C)(C)C)cs1. The highest BCUT2D eigenvalue weighted by Gasteiger charge is 2.17. The Kier molecular flexibility index (Phi) is 4.29. The van der Waals surface area contributed by atoms with Crippen LogP contribution in [-0.4, -0.2) is 11.0 Å². The largest absolute Gasteiger partial charge is 0.328 e. The summed E-state index contributed by atoms with van der Waals surface area (Å²) in [6, 6.07) is 0.326. The highest BCUT2D eigenvalue weighted by Crippen LogP contribution is 2.24. The van der Waals surface area contributed by atoms with Gasteiger partial charge in [-0.05, 0) is 12.8 Å². The van der Waals surface area contributed by atoms with E-state index in [1.54, 1.807) is 11.3 Å². The lowest BCUT2D eigenvalue weighted by atomic mass is 9.93. The molecule has 15 heavy (non-hydrogen) atoms. The van der Waals surface area contributed by atoms with E-state index in [9.17, 15) is 0 Å². The van der Waals surface area contributed by atoms with Crippen molar-refractivity contribution in [3.05, 3.63) is 16.1 Å². The number of hydrogen-bond acceptors (Lipinski definition) is 3. The Balaban J connectivity index is 2.54. The van der Waals surface area contributed by atoms with E-state index in [4.69, 9.17) is 5.73 Å². The van der Waals surface area contributed by atoms with Crippen molar-refractivity contribution in [1.29, 1.82) is 0 Å². The molecule has 1 unspecified atom stereocenters. The Morgan fingerprint density at radius 1 is 1.47 bits per heavy atom. The summed E-state index contributed by atoms with van der Waals surface area (Å²) in [7, 11) is 0. The Bertz CT molecular complexity index is 299. The summed E-state index contributed by atoms with van der Waals surface area (Å²) in [6.45, 7) is 8.73. The van der Waals surface area contributed by atoms with Gasteiger partial charge in [0.2, 0.25) is 0 Å². The third-order valence-electron chi connectivity index (χ3n) is 2.57. The number of thiazole rings is 1. The molecule has 0 bridgehead atoms. The maximum Gasteiger partial charge on any atom is 0.0929 e. The number of aryl methyl sites for hydroxylation is 1. The lowest BCUT2D eigenvalue weighted by Crippen LogP contribution is -2.19. The fraction of sp³-hybridized carbons (Fsp3) is 0.750. The van der Waals surface area contributed by atoms with E-state index in [0.29, 0.717) is 6.04 Å². The molecule has 0 amide bonds. The van der Waals surface area contributed by atoms with Crippen LogP contribution in [0.25, 0.3) is 0 Å². The van der Waals surface area contributed by atoms with Gasteiger partial charge in [-0.3, -0.25) is 0 Å². The molecule has 3 heteroatoms. The summed E-state index contributed by atoms with van der Waals surface area (Å²) in [5.41, 5.74) is 7.26. The van der Waals surface area contributed by atoms with Gasteiger partial charge in [0.15, 0.2) is 0 Å². The zero-order valence-electron chi connectivity index (χ0n) is 10.2. The zero-order valence-corrected chi connectivity index (χ0v) is 11.0. The van der Waals surface area contributed by atoms with E-state index in [1.807, 2.05) is 0 Å². The first kappa shape index (κ1) is 12.7. The van der Waals surface area contributed by atoms with Crippen molar-refractivity contribution in [3.63, 3.8) is 0 Å². The first-order chi connectivity index (χ1) is 6.93. The molecule has 0 saturated heterocycles. The van der Waals surface area contributed by atoms with E-state index >= 15 is 0 Å². The van der Waals surface area contributed by atoms with Crippen LogP contribution in [-0.2, 0) is 11.8 Å². The van der Waals surface area contributed by atoms with E-state index in [2.05, 4.69) is 38.1 Å². The molecule has 2 nitrogen and oxygen atoms in total. The van der Waals surface area contributed by atoms with Gasteiger partial charge in [0.1, 0.15) is 0 Å². The first-order valence-corrected chi connectivity index (χ1v) is 6.52. The molecule has 0 saturated carbocycles. The molecule has 2 N–H and O–H groups in total. The highest BCUT2D eigenvalue weighted by molar-refractivity contribution is 7.09. The van der Waals surface area contributed by atoms with Crippen molar-refractivity contribution < 1.29 is 0 Å². The molecule has 0 aliphatic carbocycles. The minimum Gasteiger partial charge on any atom is -0.328 e. The van der Waals surface area contributed by atoms with E-state index in [1.165, 1.54) is 10.7 Å². The third kappa shape index (κ3) is 3.92. The Morgan fingerprint density at radius 3 is 2.60 bits per heavy atom. The molecule has 0 spiro atoms. The monoisotopic (exact) mass is 226 g/mol. The second-order valence-corrected chi connectivity index (χ2v) is 6.03. The van der Waals surface area contributed by atoms with Gasteiger partial charge in [-0.25, -0.2) is 4.98 Å². The first-order valence-electron chi connectivity index (χ1n) is 5.64. The van der Waals surface area contributed by atoms with Crippen molar-refractivity contribution in [2.45, 2.75) is 58.4 Å². The molecule has 0 radical (unpaired) electrons. The Hall–Kier alpha value is -0.410. The van der Waals surface area contributed by atoms with Gasteiger partial charge in [0.05, 0.1) is 10.7 Å². The average molecular weight is 226 g/mol. The molecule has 0 aromatic carbocycles. The van der Waals surface area contributed by atoms with Gasteiger partial charge in [-0.15, -0.1) is 11.3 Å². The van der Waals surface area contributed by atoms with Crippen LogP contribution in [0.5, 0.6) is 0 Å².